The molecule has 5 aromatic rings. The summed E-state index contributed by atoms with van der Waals surface area (Å²) in [4.78, 5) is 93.9. The highest BCUT2D eigenvalue weighted by Gasteiger charge is 2.41. The zero-order chi connectivity index (χ0) is 65.6. The van der Waals surface area contributed by atoms with E-state index in [1.807, 2.05) is 110 Å². The zero-order valence-electron chi connectivity index (χ0n) is 51.8. The Hall–Kier alpha value is -10.1. The van der Waals surface area contributed by atoms with Crippen molar-refractivity contribution in [2.75, 3.05) is 111 Å². The summed E-state index contributed by atoms with van der Waals surface area (Å²) in [5, 5.41) is 50.2. The van der Waals surface area contributed by atoms with Crippen LogP contribution >= 0.6 is 11.8 Å². The van der Waals surface area contributed by atoms with E-state index in [1.165, 1.54) is 62.4 Å². The molecule has 5 aromatic carbocycles. The summed E-state index contributed by atoms with van der Waals surface area (Å²) in [5.74, 6) is -2.05. The number of rotatable bonds is 27. The Kier molecular flexibility index (Phi) is 22.0. The van der Waals surface area contributed by atoms with Crippen LogP contribution in [0.2, 0.25) is 0 Å². The standard InChI is InChI=1S/C65H70N12O14S/c1-73(2)45-20-23-48-53(31-45)91-54-32-46(74(3)4)21-24-49(54)61(48)50-30-39(11-22-47(50)65(83)84)62(80)67-25-9-26-68-63(81)40-37-89-60(90-38-40)36-76-59(79)35-57(64(76)82)92-29-27-66-58(78)10-8-28-75(5)43-16-12-41(13-17-43)69-71-51-33-56(88-7)52(34-55(51)87-6)72-70-42-14-18-44(19-15-42)77(85)86/h11-24,30-34,40,57,60H,8-10,25-29,35-38H2,1-7H3,(H3-,66,67,68,78,80,81,83,84). The predicted octanol–water partition coefficient (Wildman–Crippen LogP) is 7.54. The second-order valence-corrected chi connectivity index (χ2v) is 23.3. The maximum absolute atomic E-state index is 13.6. The van der Waals surface area contributed by atoms with E-state index in [0.717, 1.165) is 21.6 Å². The summed E-state index contributed by atoms with van der Waals surface area (Å²) in [7, 11) is 12.5. The molecule has 26 nitrogen and oxygen atoms in total. The first-order valence-corrected chi connectivity index (χ1v) is 30.5. The van der Waals surface area contributed by atoms with Crippen molar-refractivity contribution in [3.63, 3.8) is 0 Å². The van der Waals surface area contributed by atoms with Crippen LogP contribution in [-0.4, -0.2) is 158 Å². The molecule has 480 valence electrons. The number of carbonyl (C=O) groups is 6. The SMILES string of the molecule is COc1cc(N=Nc2ccc([N+](=O)[O-])cc2)c(OC)cc1N=Nc1ccc(N(C)CCCC(=O)NCCSC2CC(=O)N(CC3OCC(C(=O)NCCCNC(=O)c4ccc(C(=O)[O-])c(-c5c6ccc(=[N+](C)C)cc-6oc6cc(N(C)C)ccc56)c4)CO3)C2=O)cc1. The minimum absolute atomic E-state index is 0.000382. The number of hydrogen-bond donors (Lipinski definition) is 3. The number of thioether (sulfide) groups is 1. The van der Waals surface area contributed by atoms with Gasteiger partial charge in [0.15, 0.2) is 6.29 Å². The number of nitro benzene ring substituents is 1. The van der Waals surface area contributed by atoms with Crippen molar-refractivity contribution < 1.29 is 62.2 Å². The Bertz CT molecular complexity index is 4000. The highest BCUT2D eigenvalue weighted by Crippen LogP contribution is 2.44. The number of anilines is 2. The van der Waals surface area contributed by atoms with Gasteiger partial charge in [-0.15, -0.1) is 22.0 Å². The number of nitro groups is 1. The molecule has 4 aliphatic rings. The molecule has 0 bridgehead atoms. The third-order valence-corrected chi connectivity index (χ3v) is 16.5. The van der Waals surface area contributed by atoms with Crippen molar-refractivity contribution in [1.29, 1.82) is 0 Å². The normalized spacial score (nSPS) is 15.7. The lowest BCUT2D eigenvalue weighted by molar-refractivity contribution is -0.384. The summed E-state index contributed by atoms with van der Waals surface area (Å²) in [5.41, 5.74) is 5.61. The van der Waals surface area contributed by atoms with Gasteiger partial charge in [-0.3, -0.25) is 39.0 Å². The van der Waals surface area contributed by atoms with Gasteiger partial charge in [0, 0.05) is 141 Å². The van der Waals surface area contributed by atoms with Gasteiger partial charge in [-0.1, -0.05) is 6.07 Å². The first-order chi connectivity index (χ1) is 44.3. The number of fused-ring (bicyclic) bond motifs is 2. The van der Waals surface area contributed by atoms with Gasteiger partial charge < -0.3 is 59.0 Å². The molecule has 0 radical (unpaired) electrons. The molecule has 3 aliphatic heterocycles. The number of amides is 5. The molecule has 5 amide bonds. The van der Waals surface area contributed by atoms with Crippen LogP contribution in [0.25, 0.3) is 33.4 Å². The number of carboxylic acid groups (broad SMARTS) is 1. The molecular formula is C65H70N12O14S. The van der Waals surface area contributed by atoms with Gasteiger partial charge in [-0.25, -0.2) is 4.58 Å². The lowest BCUT2D eigenvalue weighted by Gasteiger charge is -2.30. The number of carbonyl (C=O) groups excluding carboxylic acids is 6. The lowest BCUT2D eigenvalue weighted by atomic mass is 9.89. The summed E-state index contributed by atoms with van der Waals surface area (Å²) in [6.45, 7) is 1.18. The fourth-order valence-electron chi connectivity index (χ4n) is 10.2. The van der Waals surface area contributed by atoms with E-state index in [1.54, 1.807) is 18.2 Å². The van der Waals surface area contributed by atoms with Gasteiger partial charge in [0.1, 0.15) is 48.3 Å². The van der Waals surface area contributed by atoms with Crippen molar-refractivity contribution in [1.82, 2.24) is 25.4 Å². The van der Waals surface area contributed by atoms with Crippen LogP contribution in [-0.2, 0) is 28.7 Å². The average molecular weight is 1280 g/mol. The third kappa shape index (κ3) is 16.4. The van der Waals surface area contributed by atoms with Crippen molar-refractivity contribution >= 4 is 98.0 Å². The number of ether oxygens (including phenoxy) is 4. The minimum Gasteiger partial charge on any atom is -0.545 e. The number of imide groups is 1. The monoisotopic (exact) mass is 1270 g/mol. The van der Waals surface area contributed by atoms with E-state index in [0.29, 0.717) is 99.4 Å². The number of non-ortho nitro benzene ring substituents is 1. The molecule has 9 rings (SSSR count). The molecule has 2 fully saturated rings. The van der Waals surface area contributed by atoms with E-state index < -0.39 is 34.3 Å². The van der Waals surface area contributed by atoms with E-state index >= 15 is 0 Å². The predicted molar refractivity (Wildman–Crippen MR) is 344 cm³/mol. The number of nitrogens with zero attached hydrogens (tertiary/aromatic N) is 9. The van der Waals surface area contributed by atoms with Crippen molar-refractivity contribution in [2.24, 2.45) is 26.4 Å². The average Bonchev–Trinajstić information content (AvgIpc) is 0.897. The first kappa shape index (κ1) is 66.3. The van der Waals surface area contributed by atoms with Gasteiger partial charge in [0.2, 0.25) is 29.0 Å². The Morgan fingerprint density at radius 1 is 0.739 bits per heavy atom. The maximum Gasteiger partial charge on any atom is 0.269 e. The maximum atomic E-state index is 13.6. The number of carboxylic acids is 1. The van der Waals surface area contributed by atoms with E-state index in [9.17, 15) is 44.0 Å². The highest BCUT2D eigenvalue weighted by atomic mass is 32.2. The number of nitrogens with one attached hydrogen (secondary N) is 3. The minimum atomic E-state index is -1.40. The molecule has 3 N–H and O–H groups in total. The third-order valence-electron chi connectivity index (χ3n) is 15.3. The number of likely N-dealkylation sites (tertiary alicyclic amines) is 1. The molecule has 0 saturated carbocycles. The molecule has 1 unspecified atom stereocenters. The van der Waals surface area contributed by atoms with E-state index in [4.69, 9.17) is 23.4 Å². The number of azo groups is 2. The Morgan fingerprint density at radius 2 is 1.39 bits per heavy atom. The van der Waals surface area contributed by atoms with Crippen LogP contribution in [0.4, 0.5) is 39.8 Å². The van der Waals surface area contributed by atoms with Crippen molar-refractivity contribution in [3.05, 3.63) is 142 Å². The molecule has 92 heavy (non-hydrogen) atoms. The topological polar surface area (TPSA) is 317 Å². The van der Waals surface area contributed by atoms with Gasteiger partial charge in [-0.2, -0.15) is 10.2 Å². The molecule has 27 heteroatoms. The summed E-state index contributed by atoms with van der Waals surface area (Å²) in [6.07, 6.45) is 0.308. The van der Waals surface area contributed by atoms with E-state index in [-0.39, 0.29) is 86.1 Å². The number of hydrogen-bond acceptors (Lipinski definition) is 21. The molecule has 0 spiro atoms. The summed E-state index contributed by atoms with van der Waals surface area (Å²) < 4.78 is 31.0. The van der Waals surface area contributed by atoms with Crippen LogP contribution in [0.1, 0.15) is 46.4 Å². The molecule has 2 saturated heterocycles. The van der Waals surface area contributed by atoms with Gasteiger partial charge in [-0.05, 0) is 85.1 Å². The van der Waals surface area contributed by atoms with Crippen LogP contribution in [0, 0.1) is 16.0 Å². The van der Waals surface area contributed by atoms with Crippen LogP contribution in [0.5, 0.6) is 11.5 Å². The van der Waals surface area contributed by atoms with Crippen LogP contribution < -0.4 is 50.3 Å². The van der Waals surface area contributed by atoms with E-state index in [2.05, 4.69) is 36.4 Å². The summed E-state index contributed by atoms with van der Waals surface area (Å²) >= 11 is 1.29. The Labute approximate surface area is 533 Å². The second-order valence-electron chi connectivity index (χ2n) is 22.0. The highest BCUT2D eigenvalue weighted by molar-refractivity contribution is 8.00. The molecule has 3 heterocycles. The number of benzene rings is 6. The fraction of sp³-hybridized carbons (Fsp3) is 0.338. The molecular weight excluding hydrogens is 1200 g/mol. The Balaban J connectivity index is 0.655. The largest absolute Gasteiger partial charge is 0.545 e. The van der Waals surface area contributed by atoms with Crippen LogP contribution in [0.3, 0.4) is 0 Å². The van der Waals surface area contributed by atoms with Gasteiger partial charge in [0.25, 0.3) is 11.6 Å². The molecule has 1 atom stereocenters. The lowest BCUT2D eigenvalue weighted by Crippen LogP contribution is -2.47. The van der Waals surface area contributed by atoms with Gasteiger partial charge in [0.05, 0.1) is 73.5 Å². The summed E-state index contributed by atoms with van der Waals surface area (Å²) in [6, 6.07) is 31.9. The second kappa shape index (κ2) is 30.6. The Morgan fingerprint density at radius 3 is 2.02 bits per heavy atom. The van der Waals surface area contributed by atoms with Crippen molar-refractivity contribution in [3.8, 4) is 33.9 Å². The van der Waals surface area contributed by atoms with Crippen LogP contribution in [0.15, 0.2) is 140 Å². The molecule has 0 aromatic heterocycles. The fourth-order valence-corrected chi connectivity index (χ4v) is 11.2. The first-order valence-electron chi connectivity index (χ1n) is 29.5. The zero-order valence-corrected chi connectivity index (χ0v) is 52.7. The quantitative estimate of drug-likeness (QED) is 0.00851. The van der Waals surface area contributed by atoms with Gasteiger partial charge >= 0.3 is 0 Å². The molecule has 1 aliphatic carbocycles. The van der Waals surface area contributed by atoms with Crippen molar-refractivity contribution in [2.45, 2.75) is 37.2 Å². The smallest absolute Gasteiger partial charge is 0.269 e. The number of aromatic carboxylic acids is 1. The number of methoxy groups -OCH3 is 2.